The smallest absolute Gasteiger partial charge is 0.248 e. The van der Waals surface area contributed by atoms with Crippen LogP contribution in [-0.2, 0) is 9.73 Å². The van der Waals surface area contributed by atoms with Crippen molar-refractivity contribution in [2.24, 2.45) is 0 Å². The van der Waals surface area contributed by atoms with E-state index in [1.807, 2.05) is 0 Å². The Morgan fingerprint density at radius 1 is 1.50 bits per heavy atom. The lowest BCUT2D eigenvalue weighted by molar-refractivity contribution is 0.236. The molecule has 0 heterocycles. The Balaban J connectivity index is 2.68. The number of hydrogen-bond donors (Lipinski definition) is 1. The van der Waals surface area contributed by atoms with Crippen LogP contribution in [0.1, 0.15) is 19.3 Å². The van der Waals surface area contributed by atoms with Crippen molar-refractivity contribution >= 4 is 9.73 Å². The van der Waals surface area contributed by atoms with Crippen LogP contribution in [0.4, 0.5) is 8.78 Å². The fourth-order valence-electron chi connectivity index (χ4n) is 0.866. The van der Waals surface area contributed by atoms with E-state index in [0.29, 0.717) is 12.8 Å². The number of rotatable bonds is 2. The lowest BCUT2D eigenvalue weighted by atomic mass is 10.0. The fourth-order valence-corrected chi connectivity index (χ4v) is 2.19. The lowest BCUT2D eigenvalue weighted by Gasteiger charge is -2.26. The van der Waals surface area contributed by atoms with Crippen LogP contribution in [0.3, 0.4) is 0 Å². The SMILES string of the molecule is N=S(=O)(C(F)F)C1CCC1. The summed E-state index contributed by atoms with van der Waals surface area (Å²) in [4.78, 5) is 0. The van der Waals surface area contributed by atoms with E-state index in [1.165, 1.54) is 0 Å². The van der Waals surface area contributed by atoms with E-state index in [-0.39, 0.29) is 0 Å². The molecule has 1 aliphatic rings. The minimum absolute atomic E-state index is 0.534. The molecule has 2 nitrogen and oxygen atoms in total. The number of nitrogens with one attached hydrogen (secondary N) is 1. The van der Waals surface area contributed by atoms with Crippen molar-refractivity contribution in [1.29, 1.82) is 4.78 Å². The molecule has 1 fully saturated rings. The van der Waals surface area contributed by atoms with Gasteiger partial charge in [-0.25, -0.2) is 8.99 Å². The molecule has 5 heteroatoms. The summed E-state index contributed by atoms with van der Waals surface area (Å²) in [6.07, 6.45) is 1.91. The van der Waals surface area contributed by atoms with E-state index >= 15 is 0 Å². The van der Waals surface area contributed by atoms with Crippen molar-refractivity contribution in [2.45, 2.75) is 30.3 Å². The van der Waals surface area contributed by atoms with Gasteiger partial charge < -0.3 is 0 Å². The first-order valence-electron chi connectivity index (χ1n) is 3.10. The van der Waals surface area contributed by atoms with Gasteiger partial charge in [-0.15, -0.1) is 0 Å². The highest BCUT2D eigenvalue weighted by atomic mass is 32.2. The maximum absolute atomic E-state index is 11.8. The predicted molar refractivity (Wildman–Crippen MR) is 34.5 cm³/mol. The van der Waals surface area contributed by atoms with Crippen LogP contribution in [0.15, 0.2) is 0 Å². The largest absolute Gasteiger partial charge is 0.319 e. The minimum atomic E-state index is -3.57. The summed E-state index contributed by atoms with van der Waals surface area (Å²) in [7, 11) is -3.57. The monoisotopic (exact) mass is 169 g/mol. The Morgan fingerprint density at radius 2 is 2.00 bits per heavy atom. The van der Waals surface area contributed by atoms with Crippen molar-refractivity contribution in [2.75, 3.05) is 0 Å². The molecule has 0 amide bonds. The van der Waals surface area contributed by atoms with E-state index in [2.05, 4.69) is 0 Å². The van der Waals surface area contributed by atoms with E-state index in [9.17, 15) is 13.0 Å². The molecule has 0 aliphatic heterocycles. The average Bonchev–Trinajstić information content (AvgIpc) is 1.57. The summed E-state index contributed by atoms with van der Waals surface area (Å²) >= 11 is 0. The molecular weight excluding hydrogens is 160 g/mol. The minimum Gasteiger partial charge on any atom is -0.248 e. The highest BCUT2D eigenvalue weighted by Gasteiger charge is 2.34. The summed E-state index contributed by atoms with van der Waals surface area (Å²) in [5.41, 5.74) is 0. The van der Waals surface area contributed by atoms with Gasteiger partial charge in [-0.3, -0.25) is 0 Å². The molecule has 0 aromatic rings. The van der Waals surface area contributed by atoms with Crippen LogP contribution in [0.2, 0.25) is 0 Å². The summed E-state index contributed by atoms with van der Waals surface area (Å²) in [6, 6.07) is 0. The van der Waals surface area contributed by atoms with Crippen molar-refractivity contribution in [3.05, 3.63) is 0 Å². The molecule has 1 aliphatic carbocycles. The second-order valence-corrected chi connectivity index (χ2v) is 4.78. The van der Waals surface area contributed by atoms with Gasteiger partial charge in [0.15, 0.2) is 0 Å². The molecule has 0 saturated heterocycles. The van der Waals surface area contributed by atoms with Crippen molar-refractivity contribution in [3.8, 4) is 0 Å². The van der Waals surface area contributed by atoms with Gasteiger partial charge in [0.05, 0.1) is 0 Å². The molecule has 1 unspecified atom stereocenters. The molecule has 60 valence electrons. The highest BCUT2D eigenvalue weighted by Crippen LogP contribution is 2.30. The Kier molecular flexibility index (Phi) is 1.94. The molecule has 1 rings (SSSR count). The Morgan fingerprint density at radius 3 is 2.10 bits per heavy atom. The first-order chi connectivity index (χ1) is 4.55. The highest BCUT2D eigenvalue weighted by molar-refractivity contribution is 7.93. The zero-order valence-corrected chi connectivity index (χ0v) is 6.16. The third-order valence-corrected chi connectivity index (χ3v) is 3.80. The second-order valence-electron chi connectivity index (χ2n) is 2.46. The number of hydrogen-bond acceptors (Lipinski definition) is 2. The molecule has 0 bridgehead atoms. The number of alkyl halides is 2. The standard InChI is InChI=1S/C5H9F2NOS/c6-5(7)10(8,9)4-2-1-3-4/h4-5,8H,1-3H2. The average molecular weight is 169 g/mol. The summed E-state index contributed by atoms with van der Waals surface area (Å²) in [6.45, 7) is 0. The van der Waals surface area contributed by atoms with Gasteiger partial charge in [0.25, 0.3) is 0 Å². The third-order valence-electron chi connectivity index (χ3n) is 1.81. The zero-order valence-electron chi connectivity index (χ0n) is 5.35. The van der Waals surface area contributed by atoms with Crippen molar-refractivity contribution in [3.63, 3.8) is 0 Å². The van der Waals surface area contributed by atoms with Gasteiger partial charge in [-0.1, -0.05) is 6.42 Å². The lowest BCUT2D eigenvalue weighted by Crippen LogP contribution is -2.31. The molecular formula is C5H9F2NOS. The van der Waals surface area contributed by atoms with Crippen LogP contribution in [-0.4, -0.2) is 15.2 Å². The molecule has 1 N–H and O–H groups in total. The van der Waals surface area contributed by atoms with Gasteiger partial charge in [0.1, 0.15) is 9.73 Å². The first-order valence-corrected chi connectivity index (χ1v) is 4.78. The number of halogens is 2. The molecule has 0 radical (unpaired) electrons. The van der Waals surface area contributed by atoms with Gasteiger partial charge in [-0.2, -0.15) is 8.78 Å². The molecule has 1 saturated carbocycles. The van der Waals surface area contributed by atoms with Gasteiger partial charge in [0, 0.05) is 5.25 Å². The maximum Gasteiger partial charge on any atom is 0.319 e. The Hall–Kier alpha value is -0.190. The van der Waals surface area contributed by atoms with Gasteiger partial charge >= 0.3 is 5.76 Å². The quantitative estimate of drug-likeness (QED) is 0.672. The van der Waals surface area contributed by atoms with E-state index in [4.69, 9.17) is 4.78 Å². The zero-order chi connectivity index (χ0) is 7.78. The van der Waals surface area contributed by atoms with Crippen LogP contribution in [0.5, 0.6) is 0 Å². The first kappa shape index (κ1) is 7.91. The topological polar surface area (TPSA) is 40.9 Å². The molecule has 10 heavy (non-hydrogen) atoms. The summed E-state index contributed by atoms with van der Waals surface area (Å²) in [5, 5.41) is -0.535. The predicted octanol–water partition coefficient (Wildman–Crippen LogP) is 1.81. The summed E-state index contributed by atoms with van der Waals surface area (Å²) < 4.78 is 41.2. The third kappa shape index (κ3) is 1.14. The second kappa shape index (κ2) is 2.45. The van der Waals surface area contributed by atoms with Crippen LogP contribution < -0.4 is 0 Å². The van der Waals surface area contributed by atoms with E-state index in [1.54, 1.807) is 0 Å². The van der Waals surface area contributed by atoms with Crippen LogP contribution in [0, 0.1) is 4.78 Å². The normalized spacial score (nSPS) is 25.9. The van der Waals surface area contributed by atoms with Crippen molar-refractivity contribution in [1.82, 2.24) is 0 Å². The van der Waals surface area contributed by atoms with Crippen LogP contribution in [0.25, 0.3) is 0 Å². The fraction of sp³-hybridized carbons (Fsp3) is 1.00. The van der Waals surface area contributed by atoms with Gasteiger partial charge in [-0.05, 0) is 12.8 Å². The molecule has 1 atom stereocenters. The van der Waals surface area contributed by atoms with E-state index < -0.39 is 20.7 Å². The molecule has 0 spiro atoms. The Bertz CT molecular complexity index is 208. The van der Waals surface area contributed by atoms with Crippen LogP contribution >= 0.6 is 0 Å². The van der Waals surface area contributed by atoms with Crippen molar-refractivity contribution < 1.29 is 13.0 Å². The molecule has 0 aromatic carbocycles. The summed E-state index contributed by atoms with van der Waals surface area (Å²) in [5.74, 6) is -2.96. The maximum atomic E-state index is 11.8. The molecule has 0 aromatic heterocycles. The van der Waals surface area contributed by atoms with Gasteiger partial charge in [0.2, 0.25) is 0 Å². The van der Waals surface area contributed by atoms with E-state index in [0.717, 1.165) is 6.42 Å². The Labute approximate surface area is 58.6 Å².